The molecule has 1 nitrogen and oxygen atoms in total. The zero-order valence-electron chi connectivity index (χ0n) is 12.1. The molecule has 2 rings (SSSR count). The van der Waals surface area contributed by atoms with Crippen LogP contribution in [0.4, 0.5) is 0 Å². The molecule has 1 heteroatoms. The van der Waals surface area contributed by atoms with Crippen LogP contribution in [0.2, 0.25) is 0 Å². The molecule has 1 saturated carbocycles. The number of nitrogens with one attached hydrogen (secondary N) is 1. The molecule has 0 aromatic heterocycles. The van der Waals surface area contributed by atoms with E-state index < -0.39 is 0 Å². The van der Waals surface area contributed by atoms with E-state index in [4.69, 9.17) is 0 Å². The zero-order valence-corrected chi connectivity index (χ0v) is 12.1. The van der Waals surface area contributed by atoms with Crippen molar-refractivity contribution in [2.75, 3.05) is 6.54 Å². The normalized spacial score (nSPS) is 18.2. The fourth-order valence-electron chi connectivity index (χ4n) is 3.21. The van der Waals surface area contributed by atoms with Gasteiger partial charge in [0.25, 0.3) is 0 Å². The highest BCUT2D eigenvalue weighted by Gasteiger charge is 2.24. The second-order valence-electron chi connectivity index (χ2n) is 5.83. The largest absolute Gasteiger partial charge is 0.314 e. The van der Waals surface area contributed by atoms with Crippen molar-refractivity contribution in [3.63, 3.8) is 0 Å². The Morgan fingerprint density at radius 2 is 1.89 bits per heavy atom. The van der Waals surface area contributed by atoms with E-state index in [-0.39, 0.29) is 0 Å². The highest BCUT2D eigenvalue weighted by molar-refractivity contribution is 5.30. The summed E-state index contributed by atoms with van der Waals surface area (Å²) in [6, 6.07) is 7.62. The van der Waals surface area contributed by atoms with Gasteiger partial charge in [0.05, 0.1) is 0 Å². The van der Waals surface area contributed by atoms with Crippen molar-refractivity contribution in [2.45, 2.75) is 58.9 Å². The van der Waals surface area contributed by atoms with Gasteiger partial charge in [-0.3, -0.25) is 0 Å². The van der Waals surface area contributed by atoms with E-state index in [1.807, 2.05) is 0 Å². The average molecular weight is 245 g/mol. The third-order valence-electron chi connectivity index (χ3n) is 4.46. The first-order valence-corrected chi connectivity index (χ1v) is 7.50. The molecule has 18 heavy (non-hydrogen) atoms. The lowest BCUT2D eigenvalue weighted by molar-refractivity contribution is 0.362. The van der Waals surface area contributed by atoms with Crippen molar-refractivity contribution in [1.29, 1.82) is 0 Å². The smallest absolute Gasteiger partial charge is 0.0136 e. The van der Waals surface area contributed by atoms with Gasteiger partial charge in [-0.15, -0.1) is 0 Å². The predicted molar refractivity (Wildman–Crippen MR) is 79.0 cm³/mol. The molecule has 0 saturated heterocycles. The molecule has 0 amide bonds. The van der Waals surface area contributed by atoms with Crippen LogP contribution in [0, 0.1) is 19.8 Å². The summed E-state index contributed by atoms with van der Waals surface area (Å²) in [7, 11) is 0. The van der Waals surface area contributed by atoms with Gasteiger partial charge in [-0.25, -0.2) is 0 Å². The van der Waals surface area contributed by atoms with Crippen LogP contribution in [0.3, 0.4) is 0 Å². The van der Waals surface area contributed by atoms with E-state index in [0.717, 1.165) is 12.5 Å². The summed E-state index contributed by atoms with van der Waals surface area (Å²) in [5, 5.41) is 3.71. The molecule has 1 N–H and O–H groups in total. The average Bonchev–Trinajstić information content (AvgIpc) is 2.87. The quantitative estimate of drug-likeness (QED) is 0.826. The van der Waals surface area contributed by atoms with Gasteiger partial charge in [0.15, 0.2) is 0 Å². The maximum absolute atomic E-state index is 3.71. The van der Waals surface area contributed by atoms with Crippen LogP contribution in [-0.4, -0.2) is 12.6 Å². The molecule has 1 aliphatic rings. The fraction of sp³-hybridized carbons (Fsp3) is 0.647. The van der Waals surface area contributed by atoms with Crippen molar-refractivity contribution >= 4 is 0 Å². The molecule has 0 radical (unpaired) electrons. The van der Waals surface area contributed by atoms with Crippen LogP contribution >= 0.6 is 0 Å². The van der Waals surface area contributed by atoms with Gasteiger partial charge in [-0.2, -0.15) is 0 Å². The molecule has 1 unspecified atom stereocenters. The summed E-state index contributed by atoms with van der Waals surface area (Å²) in [4.78, 5) is 0. The van der Waals surface area contributed by atoms with Crippen molar-refractivity contribution in [3.8, 4) is 0 Å². The number of likely N-dealkylation sites (N-methyl/N-ethyl adjacent to an activating group) is 1. The fourth-order valence-corrected chi connectivity index (χ4v) is 3.21. The third kappa shape index (κ3) is 3.35. The molecule has 1 aromatic carbocycles. The molecule has 0 spiro atoms. The molecule has 1 fully saturated rings. The Balaban J connectivity index is 2.04. The standard InChI is InChI=1S/C17H27N/c1-4-18-17(16-7-5-6-8-16)12-15-10-9-13(2)14(3)11-15/h9-11,16-18H,4-8,12H2,1-3H3. The van der Waals surface area contributed by atoms with Gasteiger partial charge in [-0.05, 0) is 62.3 Å². The van der Waals surface area contributed by atoms with Gasteiger partial charge in [-0.1, -0.05) is 38.0 Å². The number of aryl methyl sites for hydroxylation is 2. The van der Waals surface area contributed by atoms with Gasteiger partial charge < -0.3 is 5.32 Å². The molecular weight excluding hydrogens is 218 g/mol. The second-order valence-corrected chi connectivity index (χ2v) is 5.83. The van der Waals surface area contributed by atoms with E-state index in [1.165, 1.54) is 48.8 Å². The van der Waals surface area contributed by atoms with E-state index in [0.29, 0.717) is 6.04 Å². The minimum absolute atomic E-state index is 0.680. The first kappa shape index (κ1) is 13.6. The third-order valence-corrected chi connectivity index (χ3v) is 4.46. The summed E-state index contributed by atoms with van der Waals surface area (Å²) >= 11 is 0. The van der Waals surface area contributed by atoms with E-state index in [9.17, 15) is 0 Å². The lowest BCUT2D eigenvalue weighted by Crippen LogP contribution is -2.36. The first-order valence-electron chi connectivity index (χ1n) is 7.50. The van der Waals surface area contributed by atoms with Crippen LogP contribution in [0.1, 0.15) is 49.3 Å². The van der Waals surface area contributed by atoms with Crippen LogP contribution in [-0.2, 0) is 6.42 Å². The number of benzene rings is 1. The van der Waals surface area contributed by atoms with Crippen LogP contribution in [0.15, 0.2) is 18.2 Å². The maximum atomic E-state index is 3.71. The van der Waals surface area contributed by atoms with Crippen molar-refractivity contribution in [1.82, 2.24) is 5.32 Å². The Bertz CT molecular complexity index is 377. The number of hydrogen-bond donors (Lipinski definition) is 1. The van der Waals surface area contributed by atoms with E-state index >= 15 is 0 Å². The Labute approximate surface area is 112 Å². The van der Waals surface area contributed by atoms with Gasteiger partial charge in [0.1, 0.15) is 0 Å². The molecule has 0 bridgehead atoms. The Kier molecular flexibility index (Phi) is 4.82. The lowest BCUT2D eigenvalue weighted by Gasteiger charge is -2.24. The predicted octanol–water partition coefficient (Wildman–Crippen LogP) is 4.01. The Hall–Kier alpha value is -0.820. The van der Waals surface area contributed by atoms with Crippen LogP contribution in [0.25, 0.3) is 0 Å². The van der Waals surface area contributed by atoms with E-state index in [1.54, 1.807) is 0 Å². The SMILES string of the molecule is CCNC(Cc1ccc(C)c(C)c1)C1CCCC1. The summed E-state index contributed by atoms with van der Waals surface area (Å²) in [6.07, 6.45) is 6.89. The minimum Gasteiger partial charge on any atom is -0.314 e. The highest BCUT2D eigenvalue weighted by Crippen LogP contribution is 2.29. The van der Waals surface area contributed by atoms with Crippen molar-refractivity contribution < 1.29 is 0 Å². The summed E-state index contributed by atoms with van der Waals surface area (Å²) in [5.74, 6) is 0.895. The molecule has 1 aliphatic carbocycles. The Morgan fingerprint density at radius 1 is 1.17 bits per heavy atom. The van der Waals surface area contributed by atoms with Crippen LogP contribution in [0.5, 0.6) is 0 Å². The molecule has 1 atom stereocenters. The van der Waals surface area contributed by atoms with Crippen molar-refractivity contribution in [3.05, 3.63) is 34.9 Å². The first-order chi connectivity index (χ1) is 8.70. The highest BCUT2D eigenvalue weighted by atomic mass is 14.9. The molecule has 0 heterocycles. The summed E-state index contributed by atoms with van der Waals surface area (Å²) in [6.45, 7) is 7.73. The second kappa shape index (κ2) is 6.38. The van der Waals surface area contributed by atoms with Crippen LogP contribution < -0.4 is 5.32 Å². The maximum Gasteiger partial charge on any atom is 0.0136 e. The van der Waals surface area contributed by atoms with Crippen molar-refractivity contribution in [2.24, 2.45) is 5.92 Å². The lowest BCUT2D eigenvalue weighted by atomic mass is 9.91. The summed E-state index contributed by atoms with van der Waals surface area (Å²) < 4.78 is 0. The topological polar surface area (TPSA) is 12.0 Å². The number of hydrogen-bond acceptors (Lipinski definition) is 1. The molecule has 0 aliphatic heterocycles. The molecular formula is C17H27N. The van der Waals surface area contributed by atoms with Gasteiger partial charge in [0.2, 0.25) is 0 Å². The van der Waals surface area contributed by atoms with Gasteiger partial charge >= 0.3 is 0 Å². The Morgan fingerprint density at radius 3 is 2.50 bits per heavy atom. The number of rotatable bonds is 5. The minimum atomic E-state index is 0.680. The summed E-state index contributed by atoms with van der Waals surface area (Å²) in [5.41, 5.74) is 4.32. The molecule has 100 valence electrons. The molecule has 1 aromatic rings. The monoisotopic (exact) mass is 245 g/mol. The van der Waals surface area contributed by atoms with Gasteiger partial charge in [0, 0.05) is 6.04 Å². The zero-order chi connectivity index (χ0) is 13.0. The van der Waals surface area contributed by atoms with E-state index in [2.05, 4.69) is 44.3 Å².